The number of nitrogens with zero attached hydrogens (tertiary/aromatic N) is 2. The number of carbonyl (C=O) groups is 2. The number of β-lactam (4-membered cyclic amide) rings is 1. The number of carboxylic acids is 1. The quantitative estimate of drug-likeness (QED) is 0.815. The van der Waals surface area contributed by atoms with Gasteiger partial charge in [-0.3, -0.25) is 9.78 Å². The molecular weight excluding hydrogens is 300 g/mol. The number of rotatable bonds is 6. The number of amides is 1. The van der Waals surface area contributed by atoms with E-state index in [9.17, 15) is 14.7 Å². The minimum atomic E-state index is -0.989. The van der Waals surface area contributed by atoms with E-state index in [1.807, 2.05) is 19.1 Å². The van der Waals surface area contributed by atoms with Crippen molar-refractivity contribution in [3.8, 4) is 0 Å². The van der Waals surface area contributed by atoms with Gasteiger partial charge in [0.2, 0.25) is 5.91 Å². The predicted octanol–water partition coefficient (Wildman–Crippen LogP) is 2.29. The third-order valence-corrected chi connectivity index (χ3v) is 5.43. The second-order valence-corrected chi connectivity index (χ2v) is 6.72. The highest BCUT2D eigenvalue weighted by Gasteiger charge is 2.54. The number of carbonyl (C=O) groups excluding carboxylic acids is 1. The molecule has 0 radical (unpaired) electrons. The first-order valence-electron chi connectivity index (χ1n) is 7.44. The predicted molar refractivity (Wildman–Crippen MR) is 84.1 cm³/mol. The fraction of sp³-hybridized carbons (Fsp3) is 0.438. The molecule has 1 N–H and O–H groups in total. The standard InChI is InChI=1S/C16H18N2O3S/c1-2-11-12-9-13(14(16(20)21)18(12)15(11)19)22-8-5-10-3-6-17-7-4-10/h3-4,6-7,11-12H,2,5,8-9H2,1H3,(H,20,21)/t11-,12-/m1/s1. The lowest BCUT2D eigenvalue weighted by atomic mass is 9.85. The molecule has 6 heteroatoms. The second-order valence-electron chi connectivity index (χ2n) is 5.53. The molecule has 3 heterocycles. The van der Waals surface area contributed by atoms with E-state index >= 15 is 0 Å². The lowest BCUT2D eigenvalue weighted by molar-refractivity contribution is -0.155. The van der Waals surface area contributed by atoms with Crippen molar-refractivity contribution in [3.05, 3.63) is 40.7 Å². The summed E-state index contributed by atoms with van der Waals surface area (Å²) in [5.41, 5.74) is 1.39. The van der Waals surface area contributed by atoms with Crippen LogP contribution in [0.15, 0.2) is 35.1 Å². The average Bonchev–Trinajstić information content (AvgIpc) is 2.84. The molecular formula is C16H18N2O3S. The molecule has 2 aliphatic heterocycles. The van der Waals surface area contributed by atoms with Gasteiger partial charge in [-0.05, 0) is 30.5 Å². The third-order valence-electron chi connectivity index (χ3n) is 4.31. The lowest BCUT2D eigenvalue weighted by Crippen LogP contribution is -2.58. The molecule has 0 spiro atoms. The molecule has 1 aromatic rings. The highest BCUT2D eigenvalue weighted by molar-refractivity contribution is 8.03. The zero-order valence-corrected chi connectivity index (χ0v) is 13.2. The summed E-state index contributed by atoms with van der Waals surface area (Å²) in [5.74, 6) is -0.221. The number of aromatic nitrogens is 1. The molecule has 2 atom stereocenters. The van der Waals surface area contributed by atoms with Gasteiger partial charge in [-0.15, -0.1) is 11.8 Å². The number of pyridine rings is 1. The van der Waals surface area contributed by atoms with Crippen molar-refractivity contribution in [1.29, 1.82) is 0 Å². The van der Waals surface area contributed by atoms with Crippen molar-refractivity contribution in [1.82, 2.24) is 9.88 Å². The van der Waals surface area contributed by atoms with E-state index in [0.717, 1.165) is 23.5 Å². The van der Waals surface area contributed by atoms with Crippen LogP contribution in [0.25, 0.3) is 0 Å². The topological polar surface area (TPSA) is 70.5 Å². The van der Waals surface area contributed by atoms with Gasteiger partial charge < -0.3 is 10.0 Å². The molecule has 3 rings (SSSR count). The SMILES string of the molecule is CC[C@H]1C(=O)N2C(C(=O)O)=C(SCCc3ccncc3)C[C@H]12. The Morgan fingerprint density at radius 2 is 2.18 bits per heavy atom. The van der Waals surface area contributed by atoms with Crippen LogP contribution in [0.1, 0.15) is 25.3 Å². The first-order valence-corrected chi connectivity index (χ1v) is 8.43. The van der Waals surface area contributed by atoms with Gasteiger partial charge in [0.05, 0.1) is 12.0 Å². The molecule has 0 unspecified atom stereocenters. The van der Waals surface area contributed by atoms with Crippen LogP contribution in [0.3, 0.4) is 0 Å². The van der Waals surface area contributed by atoms with Crippen LogP contribution in [0.5, 0.6) is 0 Å². The smallest absolute Gasteiger partial charge is 0.353 e. The molecule has 22 heavy (non-hydrogen) atoms. The van der Waals surface area contributed by atoms with Gasteiger partial charge in [-0.25, -0.2) is 4.79 Å². The zero-order chi connectivity index (χ0) is 15.7. The third kappa shape index (κ3) is 2.52. The maximum Gasteiger partial charge on any atom is 0.353 e. The van der Waals surface area contributed by atoms with Crippen LogP contribution in [0.4, 0.5) is 0 Å². The van der Waals surface area contributed by atoms with Crippen LogP contribution in [-0.2, 0) is 16.0 Å². The van der Waals surface area contributed by atoms with Crippen LogP contribution in [0.2, 0.25) is 0 Å². The van der Waals surface area contributed by atoms with Crippen molar-refractivity contribution in [2.45, 2.75) is 32.2 Å². The Bertz CT molecular complexity index is 630. The van der Waals surface area contributed by atoms with Crippen LogP contribution < -0.4 is 0 Å². The highest BCUT2D eigenvalue weighted by atomic mass is 32.2. The number of hydrogen-bond donors (Lipinski definition) is 1. The molecule has 1 aromatic heterocycles. The molecule has 1 saturated heterocycles. The van der Waals surface area contributed by atoms with Crippen molar-refractivity contribution in [2.24, 2.45) is 5.92 Å². The Labute approximate surface area is 133 Å². The maximum absolute atomic E-state index is 12.0. The van der Waals surface area contributed by atoms with Crippen molar-refractivity contribution in [2.75, 3.05) is 5.75 Å². The number of carboxylic acid groups (broad SMARTS) is 1. The Morgan fingerprint density at radius 1 is 1.45 bits per heavy atom. The fourth-order valence-corrected chi connectivity index (χ4v) is 4.37. The zero-order valence-electron chi connectivity index (χ0n) is 12.4. The summed E-state index contributed by atoms with van der Waals surface area (Å²) in [7, 11) is 0. The normalized spacial score (nSPS) is 23.5. The summed E-state index contributed by atoms with van der Waals surface area (Å²) in [6.45, 7) is 1.98. The molecule has 0 saturated carbocycles. The van der Waals surface area contributed by atoms with E-state index in [2.05, 4.69) is 4.98 Å². The number of aryl methyl sites for hydroxylation is 1. The summed E-state index contributed by atoms with van der Waals surface area (Å²) in [6, 6.07) is 3.99. The Morgan fingerprint density at radius 3 is 2.82 bits per heavy atom. The molecule has 116 valence electrons. The fourth-order valence-electron chi connectivity index (χ4n) is 3.17. The second kappa shape index (κ2) is 6.12. The minimum absolute atomic E-state index is 0.00681. The Hall–Kier alpha value is -1.82. The number of hydrogen-bond acceptors (Lipinski definition) is 4. The Kier molecular flexibility index (Phi) is 4.20. The lowest BCUT2D eigenvalue weighted by Gasteiger charge is -2.42. The number of aliphatic carboxylic acids is 1. The van der Waals surface area contributed by atoms with Gasteiger partial charge >= 0.3 is 5.97 Å². The monoisotopic (exact) mass is 318 g/mol. The highest BCUT2D eigenvalue weighted by Crippen LogP contribution is 2.46. The van der Waals surface area contributed by atoms with Gasteiger partial charge in [0.25, 0.3) is 0 Å². The van der Waals surface area contributed by atoms with Gasteiger partial charge in [0.15, 0.2) is 0 Å². The summed E-state index contributed by atoms with van der Waals surface area (Å²) in [6.07, 6.45) is 5.84. The molecule has 0 bridgehead atoms. The first-order chi connectivity index (χ1) is 10.6. The van der Waals surface area contributed by atoms with E-state index in [1.54, 1.807) is 24.2 Å². The Balaban J connectivity index is 1.67. The molecule has 0 aliphatic carbocycles. The maximum atomic E-state index is 12.0. The summed E-state index contributed by atoms with van der Waals surface area (Å²) in [5, 5.41) is 9.43. The summed E-state index contributed by atoms with van der Waals surface area (Å²) < 4.78 is 0. The van der Waals surface area contributed by atoms with E-state index < -0.39 is 5.97 Å². The molecule has 0 aromatic carbocycles. The van der Waals surface area contributed by atoms with Crippen LogP contribution in [-0.4, -0.2) is 38.7 Å². The molecule has 2 aliphatic rings. The van der Waals surface area contributed by atoms with Gasteiger partial charge in [0.1, 0.15) is 5.70 Å². The summed E-state index contributed by atoms with van der Waals surface area (Å²) in [4.78, 5) is 29.9. The minimum Gasteiger partial charge on any atom is -0.477 e. The van der Waals surface area contributed by atoms with Gasteiger partial charge in [-0.2, -0.15) is 0 Å². The number of fused-ring (bicyclic) bond motifs is 1. The van der Waals surface area contributed by atoms with Crippen LogP contribution in [0, 0.1) is 5.92 Å². The van der Waals surface area contributed by atoms with Crippen LogP contribution >= 0.6 is 11.8 Å². The van der Waals surface area contributed by atoms with Gasteiger partial charge in [0, 0.05) is 29.5 Å². The van der Waals surface area contributed by atoms with Gasteiger partial charge in [-0.1, -0.05) is 6.92 Å². The van der Waals surface area contributed by atoms with Crippen molar-refractivity contribution in [3.63, 3.8) is 0 Å². The van der Waals surface area contributed by atoms with Crippen molar-refractivity contribution >= 4 is 23.6 Å². The van der Waals surface area contributed by atoms with E-state index in [0.29, 0.717) is 6.42 Å². The average molecular weight is 318 g/mol. The molecule has 5 nitrogen and oxygen atoms in total. The van der Waals surface area contributed by atoms with E-state index in [-0.39, 0.29) is 23.6 Å². The number of thioether (sulfide) groups is 1. The first kappa shape index (κ1) is 15.1. The summed E-state index contributed by atoms with van der Waals surface area (Å²) >= 11 is 1.56. The molecule has 1 fully saturated rings. The largest absolute Gasteiger partial charge is 0.477 e. The van der Waals surface area contributed by atoms with E-state index in [1.165, 1.54) is 10.5 Å². The van der Waals surface area contributed by atoms with E-state index in [4.69, 9.17) is 0 Å². The molecule has 1 amide bonds. The van der Waals surface area contributed by atoms with Crippen molar-refractivity contribution < 1.29 is 14.7 Å².